The minimum atomic E-state index is -4.05. The number of hydrogen-bond donors (Lipinski definition) is 1. The smallest absolute Gasteiger partial charge is 0.264 e. The molecule has 0 unspecified atom stereocenters. The Kier molecular flexibility index (Phi) is 9.25. The van der Waals surface area contributed by atoms with Gasteiger partial charge in [-0.3, -0.25) is 13.9 Å². The largest absolute Gasteiger partial charge is 0.354 e. The molecule has 0 aromatic heterocycles. The zero-order valence-corrected chi connectivity index (χ0v) is 21.7. The molecular weight excluding hydrogens is 474 g/mol. The van der Waals surface area contributed by atoms with Gasteiger partial charge in [-0.25, -0.2) is 8.42 Å². The first kappa shape index (κ1) is 26.9. The van der Waals surface area contributed by atoms with Gasteiger partial charge in [0.2, 0.25) is 11.8 Å². The molecule has 0 radical (unpaired) electrons. The Bertz CT molecular complexity index is 1260. The molecule has 0 aliphatic heterocycles. The molecule has 0 saturated carbocycles. The van der Waals surface area contributed by atoms with Gasteiger partial charge in [0, 0.05) is 13.1 Å². The van der Waals surface area contributed by atoms with E-state index in [9.17, 15) is 18.0 Å². The highest BCUT2D eigenvalue weighted by atomic mass is 32.2. The number of rotatable bonds is 11. The van der Waals surface area contributed by atoms with Crippen LogP contribution in [0.5, 0.6) is 0 Å². The van der Waals surface area contributed by atoms with E-state index in [0.717, 1.165) is 16.3 Å². The average Bonchev–Trinajstić information content (AvgIpc) is 2.90. The minimum absolute atomic E-state index is 0.0874. The van der Waals surface area contributed by atoms with Gasteiger partial charge in [-0.2, -0.15) is 0 Å². The maximum atomic E-state index is 13.8. The van der Waals surface area contributed by atoms with Crippen LogP contribution in [0.3, 0.4) is 0 Å². The molecule has 0 spiro atoms. The number of anilines is 1. The molecule has 36 heavy (non-hydrogen) atoms. The second kappa shape index (κ2) is 12.4. The number of hydrogen-bond acceptors (Lipinski definition) is 4. The third-order valence-corrected chi connectivity index (χ3v) is 7.68. The van der Waals surface area contributed by atoms with Gasteiger partial charge in [0.05, 0.1) is 10.6 Å². The van der Waals surface area contributed by atoms with E-state index in [1.165, 1.54) is 17.0 Å². The summed E-state index contributed by atoms with van der Waals surface area (Å²) < 4.78 is 28.6. The molecule has 7 nitrogen and oxygen atoms in total. The third-order valence-electron chi connectivity index (χ3n) is 5.91. The number of amides is 2. The van der Waals surface area contributed by atoms with E-state index in [0.29, 0.717) is 17.8 Å². The second-order valence-electron chi connectivity index (χ2n) is 8.59. The fourth-order valence-corrected chi connectivity index (χ4v) is 5.33. The number of carbonyl (C=O) groups excluding carboxylic acids is 2. The lowest BCUT2D eigenvalue weighted by Gasteiger charge is -2.32. The molecule has 3 rings (SSSR count). The summed E-state index contributed by atoms with van der Waals surface area (Å²) in [6, 6.07) is 23.6. The van der Waals surface area contributed by atoms with E-state index in [4.69, 9.17) is 0 Å². The summed E-state index contributed by atoms with van der Waals surface area (Å²) in [7, 11) is -4.05. The quantitative estimate of drug-likeness (QED) is 0.423. The first-order valence-electron chi connectivity index (χ1n) is 12.0. The van der Waals surface area contributed by atoms with Gasteiger partial charge in [-0.05, 0) is 49.6 Å². The van der Waals surface area contributed by atoms with E-state index in [-0.39, 0.29) is 17.3 Å². The van der Waals surface area contributed by atoms with Gasteiger partial charge >= 0.3 is 0 Å². The van der Waals surface area contributed by atoms with Crippen molar-refractivity contribution in [2.24, 2.45) is 0 Å². The predicted molar refractivity (Wildman–Crippen MR) is 142 cm³/mol. The molecule has 2 amide bonds. The summed E-state index contributed by atoms with van der Waals surface area (Å²) in [5.74, 6) is -0.754. The number of para-hydroxylation sites is 1. The Morgan fingerprint density at radius 1 is 0.889 bits per heavy atom. The van der Waals surface area contributed by atoms with Crippen molar-refractivity contribution in [1.82, 2.24) is 10.2 Å². The van der Waals surface area contributed by atoms with E-state index < -0.39 is 28.5 Å². The second-order valence-corrected chi connectivity index (χ2v) is 10.4. The number of nitrogens with one attached hydrogen (secondary N) is 1. The maximum Gasteiger partial charge on any atom is 0.264 e. The molecule has 1 N–H and O–H groups in total. The Labute approximate surface area is 213 Å². The highest BCUT2D eigenvalue weighted by molar-refractivity contribution is 7.92. The van der Waals surface area contributed by atoms with Gasteiger partial charge in [0.1, 0.15) is 12.6 Å². The maximum absolute atomic E-state index is 13.8. The van der Waals surface area contributed by atoms with Crippen molar-refractivity contribution in [3.63, 3.8) is 0 Å². The van der Waals surface area contributed by atoms with Crippen molar-refractivity contribution in [2.75, 3.05) is 17.4 Å². The van der Waals surface area contributed by atoms with Crippen molar-refractivity contribution in [3.05, 3.63) is 96.1 Å². The molecule has 0 aliphatic rings. The lowest BCUT2D eigenvalue weighted by Crippen LogP contribution is -2.51. The van der Waals surface area contributed by atoms with Crippen molar-refractivity contribution >= 4 is 27.5 Å². The summed E-state index contributed by atoms with van der Waals surface area (Å²) in [6.07, 6.45) is 0.765. The molecule has 0 saturated heterocycles. The Hall–Kier alpha value is -3.65. The van der Waals surface area contributed by atoms with Crippen LogP contribution in [0.4, 0.5) is 5.69 Å². The van der Waals surface area contributed by atoms with Crippen LogP contribution in [0, 0.1) is 6.92 Å². The molecule has 1 atom stereocenters. The standard InChI is InChI=1S/C28H33N3O4S/c1-4-19-29-28(33)23(3)30(20-24-14-7-5-8-15-24)27(32)21-31(26-18-12-11-13-22(26)2)36(34,35)25-16-9-6-10-17-25/h5-18,23H,4,19-21H2,1-3H3,(H,29,33)/t23-/m1/s1. The Morgan fingerprint density at radius 2 is 1.47 bits per heavy atom. The lowest BCUT2D eigenvalue weighted by atomic mass is 10.1. The van der Waals surface area contributed by atoms with E-state index in [1.54, 1.807) is 50.2 Å². The van der Waals surface area contributed by atoms with Crippen LogP contribution in [-0.4, -0.2) is 44.3 Å². The average molecular weight is 508 g/mol. The van der Waals surface area contributed by atoms with Crippen LogP contribution in [0.1, 0.15) is 31.4 Å². The van der Waals surface area contributed by atoms with Gasteiger partial charge in [0.15, 0.2) is 0 Å². The SMILES string of the molecule is CCCNC(=O)[C@@H](C)N(Cc1ccccc1)C(=O)CN(c1ccccc1C)S(=O)(=O)c1ccccc1. The third kappa shape index (κ3) is 6.51. The molecule has 0 bridgehead atoms. The van der Waals surface area contributed by atoms with Crippen molar-refractivity contribution < 1.29 is 18.0 Å². The molecule has 0 heterocycles. The normalized spacial score (nSPS) is 12.0. The molecule has 190 valence electrons. The molecule has 8 heteroatoms. The number of nitrogens with zero attached hydrogens (tertiary/aromatic N) is 2. The Morgan fingerprint density at radius 3 is 2.08 bits per heavy atom. The number of sulfonamides is 1. The summed E-state index contributed by atoms with van der Waals surface area (Å²) in [5, 5.41) is 2.84. The zero-order chi connectivity index (χ0) is 26.1. The van der Waals surface area contributed by atoms with Crippen LogP contribution in [-0.2, 0) is 26.2 Å². The predicted octanol–water partition coefficient (Wildman–Crippen LogP) is 4.13. The number of benzene rings is 3. The van der Waals surface area contributed by atoms with Crippen molar-refractivity contribution in [3.8, 4) is 0 Å². The van der Waals surface area contributed by atoms with Gasteiger partial charge in [-0.1, -0.05) is 73.7 Å². The monoisotopic (exact) mass is 507 g/mol. The van der Waals surface area contributed by atoms with Crippen LogP contribution >= 0.6 is 0 Å². The van der Waals surface area contributed by atoms with Crippen molar-refractivity contribution in [2.45, 2.75) is 44.7 Å². The summed E-state index contributed by atoms with van der Waals surface area (Å²) in [6.45, 7) is 5.64. The molecule has 0 fully saturated rings. The molecular formula is C28H33N3O4S. The highest BCUT2D eigenvalue weighted by Gasteiger charge is 2.32. The van der Waals surface area contributed by atoms with Crippen molar-refractivity contribution in [1.29, 1.82) is 0 Å². The fraction of sp³-hybridized carbons (Fsp3) is 0.286. The lowest BCUT2D eigenvalue weighted by molar-refractivity contribution is -0.139. The van der Waals surface area contributed by atoms with Gasteiger partial charge in [0.25, 0.3) is 10.0 Å². The summed E-state index contributed by atoms with van der Waals surface area (Å²) in [4.78, 5) is 28.1. The van der Waals surface area contributed by atoms with E-state index in [2.05, 4.69) is 5.32 Å². The number of aryl methyl sites for hydroxylation is 1. The van der Waals surface area contributed by atoms with Crippen LogP contribution < -0.4 is 9.62 Å². The summed E-state index contributed by atoms with van der Waals surface area (Å²) >= 11 is 0. The fourth-order valence-electron chi connectivity index (χ4n) is 3.83. The molecule has 0 aliphatic carbocycles. The summed E-state index contributed by atoms with van der Waals surface area (Å²) in [5.41, 5.74) is 1.97. The van der Waals surface area contributed by atoms with Gasteiger partial charge in [-0.15, -0.1) is 0 Å². The van der Waals surface area contributed by atoms with Crippen LogP contribution in [0.2, 0.25) is 0 Å². The van der Waals surface area contributed by atoms with Gasteiger partial charge < -0.3 is 10.2 Å². The van der Waals surface area contributed by atoms with Crippen LogP contribution in [0.25, 0.3) is 0 Å². The zero-order valence-electron chi connectivity index (χ0n) is 20.9. The molecule has 3 aromatic rings. The Balaban J connectivity index is 2.00. The van der Waals surface area contributed by atoms with E-state index >= 15 is 0 Å². The highest BCUT2D eigenvalue weighted by Crippen LogP contribution is 2.27. The first-order chi connectivity index (χ1) is 17.3. The minimum Gasteiger partial charge on any atom is -0.354 e. The topological polar surface area (TPSA) is 86.8 Å². The first-order valence-corrected chi connectivity index (χ1v) is 13.4. The number of carbonyl (C=O) groups is 2. The van der Waals surface area contributed by atoms with E-state index in [1.807, 2.05) is 43.3 Å². The molecule has 3 aromatic carbocycles. The van der Waals surface area contributed by atoms with Crippen LogP contribution in [0.15, 0.2) is 89.8 Å².